The van der Waals surface area contributed by atoms with Crippen molar-refractivity contribution in [2.75, 3.05) is 5.75 Å². The van der Waals surface area contributed by atoms with Crippen molar-refractivity contribution in [2.24, 2.45) is 5.73 Å². The number of imide groups is 1. The van der Waals surface area contributed by atoms with Crippen molar-refractivity contribution in [3.8, 4) is 11.5 Å². The number of primary amides is 1. The Labute approximate surface area is 118 Å². The summed E-state index contributed by atoms with van der Waals surface area (Å²) >= 11 is 1.24. The Morgan fingerprint density at radius 2 is 2.00 bits per heavy atom. The fourth-order valence-corrected chi connectivity index (χ4v) is 2.09. The molecule has 104 valence electrons. The molecular weight excluding hydrogens is 280 g/mol. The maximum Gasteiger partial charge on any atom is 0.318 e. The Hall–Kier alpha value is -2.35. The number of thioether (sulfide) groups is 1. The summed E-state index contributed by atoms with van der Waals surface area (Å²) in [6.07, 6.45) is 0.136. The molecule has 0 saturated carbocycles. The molecule has 0 unspecified atom stereocenters. The van der Waals surface area contributed by atoms with Crippen LogP contribution in [-0.2, 0) is 4.79 Å². The van der Waals surface area contributed by atoms with E-state index in [0.29, 0.717) is 16.9 Å². The van der Waals surface area contributed by atoms with E-state index in [-0.39, 0.29) is 6.42 Å². The second-order valence-corrected chi connectivity index (χ2v) is 4.80. The van der Waals surface area contributed by atoms with E-state index in [4.69, 9.17) is 10.2 Å². The SMILES string of the molecule is NC(=O)NC(=O)CCSc1nnc(-c2ccccc2)o1. The van der Waals surface area contributed by atoms with Crippen molar-refractivity contribution in [2.45, 2.75) is 11.6 Å². The molecule has 20 heavy (non-hydrogen) atoms. The first-order valence-electron chi connectivity index (χ1n) is 5.76. The number of nitrogens with two attached hydrogens (primary N) is 1. The minimum absolute atomic E-state index is 0.136. The first-order chi connectivity index (χ1) is 9.65. The molecular formula is C12H12N4O3S. The summed E-state index contributed by atoms with van der Waals surface area (Å²) < 4.78 is 5.45. The highest BCUT2D eigenvalue weighted by molar-refractivity contribution is 7.99. The van der Waals surface area contributed by atoms with Crippen LogP contribution in [0.1, 0.15) is 6.42 Å². The van der Waals surface area contributed by atoms with Crippen LogP contribution >= 0.6 is 11.8 Å². The number of rotatable bonds is 5. The average Bonchev–Trinajstić information content (AvgIpc) is 2.88. The fourth-order valence-electron chi connectivity index (χ4n) is 1.40. The largest absolute Gasteiger partial charge is 0.411 e. The molecule has 1 heterocycles. The number of aromatic nitrogens is 2. The zero-order chi connectivity index (χ0) is 14.4. The molecule has 0 atom stereocenters. The normalized spacial score (nSPS) is 10.2. The molecule has 8 heteroatoms. The van der Waals surface area contributed by atoms with Gasteiger partial charge in [0.25, 0.3) is 5.22 Å². The predicted octanol–water partition coefficient (Wildman–Crippen LogP) is 1.41. The van der Waals surface area contributed by atoms with Gasteiger partial charge in [-0.25, -0.2) is 4.79 Å². The first kappa shape index (κ1) is 14.1. The summed E-state index contributed by atoms with van der Waals surface area (Å²) in [5, 5.41) is 10.1. The lowest BCUT2D eigenvalue weighted by Crippen LogP contribution is -2.35. The Kier molecular flexibility index (Phi) is 4.72. The van der Waals surface area contributed by atoms with Crippen molar-refractivity contribution >= 4 is 23.7 Å². The molecule has 0 aliphatic rings. The molecule has 2 rings (SSSR count). The summed E-state index contributed by atoms with van der Waals surface area (Å²) in [6.45, 7) is 0. The monoisotopic (exact) mass is 292 g/mol. The minimum Gasteiger partial charge on any atom is -0.411 e. The number of carbonyl (C=O) groups is 2. The van der Waals surface area contributed by atoms with Gasteiger partial charge in [-0.2, -0.15) is 0 Å². The second-order valence-electron chi connectivity index (χ2n) is 3.75. The Morgan fingerprint density at radius 3 is 2.70 bits per heavy atom. The van der Waals surface area contributed by atoms with Gasteiger partial charge in [-0.15, -0.1) is 10.2 Å². The van der Waals surface area contributed by atoms with Crippen LogP contribution in [0, 0.1) is 0 Å². The van der Waals surface area contributed by atoms with Crippen molar-refractivity contribution < 1.29 is 14.0 Å². The van der Waals surface area contributed by atoms with Crippen LogP contribution in [0.25, 0.3) is 11.5 Å². The lowest BCUT2D eigenvalue weighted by Gasteiger charge is -1.98. The molecule has 0 saturated heterocycles. The number of urea groups is 1. The smallest absolute Gasteiger partial charge is 0.318 e. The van der Waals surface area contributed by atoms with E-state index in [1.54, 1.807) is 0 Å². The molecule has 2 aromatic rings. The highest BCUT2D eigenvalue weighted by atomic mass is 32.2. The van der Waals surface area contributed by atoms with Crippen LogP contribution in [0.15, 0.2) is 40.0 Å². The number of nitrogens with zero attached hydrogens (tertiary/aromatic N) is 2. The third-order valence-electron chi connectivity index (χ3n) is 2.24. The molecule has 3 N–H and O–H groups in total. The molecule has 0 bridgehead atoms. The zero-order valence-corrected chi connectivity index (χ0v) is 11.2. The standard InChI is InChI=1S/C12H12N4O3S/c13-11(18)14-9(17)6-7-20-12-16-15-10(19-12)8-4-2-1-3-5-8/h1-5H,6-7H2,(H3,13,14,17,18). The van der Waals surface area contributed by atoms with E-state index < -0.39 is 11.9 Å². The second kappa shape index (κ2) is 6.71. The van der Waals surface area contributed by atoms with Crippen molar-refractivity contribution in [3.05, 3.63) is 30.3 Å². The van der Waals surface area contributed by atoms with E-state index in [1.807, 2.05) is 35.6 Å². The summed E-state index contributed by atoms with van der Waals surface area (Å²) in [7, 11) is 0. The summed E-state index contributed by atoms with van der Waals surface area (Å²) in [4.78, 5) is 21.6. The minimum atomic E-state index is -0.857. The molecule has 0 fully saturated rings. The first-order valence-corrected chi connectivity index (χ1v) is 6.75. The van der Waals surface area contributed by atoms with Crippen LogP contribution in [-0.4, -0.2) is 27.9 Å². The lowest BCUT2D eigenvalue weighted by atomic mass is 10.2. The van der Waals surface area contributed by atoms with E-state index in [0.717, 1.165) is 5.56 Å². The number of hydrogen-bond donors (Lipinski definition) is 2. The molecule has 7 nitrogen and oxygen atoms in total. The van der Waals surface area contributed by atoms with E-state index >= 15 is 0 Å². The van der Waals surface area contributed by atoms with Crippen LogP contribution in [0.3, 0.4) is 0 Å². The molecule has 1 aromatic carbocycles. The van der Waals surface area contributed by atoms with Gasteiger partial charge in [0.05, 0.1) is 0 Å². The number of nitrogens with one attached hydrogen (secondary N) is 1. The van der Waals surface area contributed by atoms with Gasteiger partial charge in [0.2, 0.25) is 11.8 Å². The molecule has 3 amide bonds. The van der Waals surface area contributed by atoms with Gasteiger partial charge in [0, 0.05) is 17.7 Å². The predicted molar refractivity (Wildman–Crippen MR) is 72.8 cm³/mol. The highest BCUT2D eigenvalue weighted by Gasteiger charge is 2.10. The number of amides is 3. The van der Waals surface area contributed by atoms with Gasteiger partial charge in [-0.05, 0) is 12.1 Å². The topological polar surface area (TPSA) is 111 Å². The van der Waals surface area contributed by atoms with Crippen molar-refractivity contribution in [3.63, 3.8) is 0 Å². The molecule has 0 aliphatic heterocycles. The van der Waals surface area contributed by atoms with Crippen molar-refractivity contribution in [1.29, 1.82) is 0 Å². The van der Waals surface area contributed by atoms with Gasteiger partial charge in [0.1, 0.15) is 0 Å². The summed E-state index contributed by atoms with van der Waals surface area (Å²) in [5.74, 6) is 0.401. The van der Waals surface area contributed by atoms with Gasteiger partial charge in [-0.3, -0.25) is 10.1 Å². The highest BCUT2D eigenvalue weighted by Crippen LogP contribution is 2.23. The fraction of sp³-hybridized carbons (Fsp3) is 0.167. The molecule has 0 aliphatic carbocycles. The Bertz CT molecular complexity index is 600. The Morgan fingerprint density at radius 1 is 1.25 bits per heavy atom. The van der Waals surface area contributed by atoms with Crippen LogP contribution in [0.2, 0.25) is 0 Å². The van der Waals surface area contributed by atoms with E-state index in [1.165, 1.54) is 11.8 Å². The lowest BCUT2D eigenvalue weighted by molar-refractivity contribution is -0.119. The number of hydrogen-bond acceptors (Lipinski definition) is 6. The number of benzene rings is 1. The molecule has 0 radical (unpaired) electrons. The van der Waals surface area contributed by atoms with Gasteiger partial charge >= 0.3 is 6.03 Å². The Balaban J connectivity index is 1.85. The quantitative estimate of drug-likeness (QED) is 0.806. The molecule has 1 aromatic heterocycles. The van der Waals surface area contributed by atoms with E-state index in [9.17, 15) is 9.59 Å². The maximum absolute atomic E-state index is 11.2. The maximum atomic E-state index is 11.2. The zero-order valence-electron chi connectivity index (χ0n) is 10.4. The summed E-state index contributed by atoms with van der Waals surface area (Å²) in [6, 6.07) is 8.52. The third-order valence-corrected chi connectivity index (χ3v) is 3.06. The van der Waals surface area contributed by atoms with Crippen LogP contribution in [0.5, 0.6) is 0 Å². The third kappa shape index (κ3) is 4.09. The van der Waals surface area contributed by atoms with Crippen molar-refractivity contribution in [1.82, 2.24) is 15.5 Å². The number of carbonyl (C=O) groups excluding carboxylic acids is 2. The van der Waals surface area contributed by atoms with Crippen LogP contribution < -0.4 is 11.1 Å². The van der Waals surface area contributed by atoms with Gasteiger partial charge in [0.15, 0.2) is 0 Å². The van der Waals surface area contributed by atoms with Gasteiger partial charge in [-0.1, -0.05) is 30.0 Å². The van der Waals surface area contributed by atoms with E-state index in [2.05, 4.69) is 10.2 Å². The van der Waals surface area contributed by atoms with Gasteiger partial charge < -0.3 is 10.2 Å². The molecule has 0 spiro atoms. The average molecular weight is 292 g/mol. The van der Waals surface area contributed by atoms with Crippen LogP contribution in [0.4, 0.5) is 4.79 Å². The summed E-state index contributed by atoms with van der Waals surface area (Å²) in [5.41, 5.74) is 5.66.